The van der Waals surface area contributed by atoms with E-state index in [2.05, 4.69) is 31.0 Å². The molecule has 1 unspecified atom stereocenters. The van der Waals surface area contributed by atoms with Crippen LogP contribution in [0, 0.1) is 12.7 Å². The van der Waals surface area contributed by atoms with Crippen LogP contribution in [-0.4, -0.2) is 36.3 Å². The third kappa shape index (κ3) is 4.61. The predicted molar refractivity (Wildman–Crippen MR) is 112 cm³/mol. The number of nitrogens with zero attached hydrogens (tertiary/aromatic N) is 6. The number of benzene rings is 2. The highest BCUT2D eigenvalue weighted by Crippen LogP contribution is 2.34. The molecule has 0 saturated carbocycles. The van der Waals surface area contributed by atoms with Crippen molar-refractivity contribution >= 4 is 23.4 Å². The molecule has 0 bridgehead atoms. The number of rotatable bonds is 6. The van der Waals surface area contributed by atoms with Gasteiger partial charge in [0.1, 0.15) is 5.82 Å². The van der Waals surface area contributed by atoms with Crippen LogP contribution in [0.3, 0.4) is 0 Å². The van der Waals surface area contributed by atoms with Gasteiger partial charge in [0.25, 0.3) is 0 Å². The Bertz CT molecular complexity index is 1240. The fraction of sp³-hybridized carbons (Fsp3) is 0.200. The summed E-state index contributed by atoms with van der Waals surface area (Å²) < 4.78 is 20.8. The van der Waals surface area contributed by atoms with Crippen LogP contribution in [-0.2, 0) is 4.79 Å². The monoisotopic (exact) mass is 439 g/mol. The molecule has 0 fully saturated rings. The highest BCUT2D eigenvalue weighted by Gasteiger charge is 2.21. The third-order valence-electron chi connectivity index (χ3n) is 4.35. The van der Waals surface area contributed by atoms with Crippen molar-refractivity contribution in [2.24, 2.45) is 0 Å². The number of hydrogen-bond acceptors (Lipinski definition) is 8. The number of nitrogens with one attached hydrogen (secondary N) is 1. The fourth-order valence-electron chi connectivity index (χ4n) is 2.79. The van der Waals surface area contributed by atoms with Crippen molar-refractivity contribution < 1.29 is 13.7 Å². The van der Waals surface area contributed by atoms with E-state index < -0.39 is 0 Å². The Morgan fingerprint density at radius 1 is 1.26 bits per heavy atom. The van der Waals surface area contributed by atoms with Gasteiger partial charge in [0.15, 0.2) is 0 Å². The molecule has 0 radical (unpaired) electrons. The summed E-state index contributed by atoms with van der Waals surface area (Å²) in [6, 6.07) is 12.0. The lowest BCUT2D eigenvalue weighted by Gasteiger charge is -2.08. The minimum Gasteiger partial charge on any atom is -0.338 e. The maximum absolute atomic E-state index is 13.8. The van der Waals surface area contributed by atoms with E-state index in [1.54, 1.807) is 41.9 Å². The Morgan fingerprint density at radius 3 is 2.87 bits per heavy atom. The summed E-state index contributed by atoms with van der Waals surface area (Å²) in [6.07, 6.45) is 0. The Kier molecular flexibility index (Phi) is 5.76. The summed E-state index contributed by atoms with van der Waals surface area (Å²) in [7, 11) is 0. The molecule has 31 heavy (non-hydrogen) atoms. The van der Waals surface area contributed by atoms with Crippen molar-refractivity contribution in [1.82, 2.24) is 30.3 Å². The van der Waals surface area contributed by atoms with Gasteiger partial charge in [-0.2, -0.15) is 9.67 Å². The average molecular weight is 439 g/mol. The smallest absolute Gasteiger partial charge is 0.240 e. The highest BCUT2D eigenvalue weighted by atomic mass is 32.2. The molecule has 0 spiro atoms. The molecule has 2 aromatic carbocycles. The van der Waals surface area contributed by atoms with Crippen molar-refractivity contribution in [2.45, 2.75) is 31.2 Å². The van der Waals surface area contributed by atoms with Gasteiger partial charge in [-0.3, -0.25) is 4.79 Å². The molecule has 2 aromatic heterocycles. The van der Waals surface area contributed by atoms with E-state index in [4.69, 9.17) is 4.52 Å². The normalized spacial score (nSPS) is 12.0. The second-order valence-electron chi connectivity index (χ2n) is 6.79. The van der Waals surface area contributed by atoms with Gasteiger partial charge in [-0.05, 0) is 54.1 Å². The maximum atomic E-state index is 13.8. The van der Waals surface area contributed by atoms with Crippen molar-refractivity contribution in [3.8, 4) is 17.1 Å². The summed E-state index contributed by atoms with van der Waals surface area (Å²) in [4.78, 5) is 15.7. The van der Waals surface area contributed by atoms with Crippen LogP contribution >= 0.6 is 11.8 Å². The molecule has 11 heteroatoms. The van der Waals surface area contributed by atoms with Crippen molar-refractivity contribution in [1.29, 1.82) is 0 Å². The topological polar surface area (TPSA) is 112 Å². The minimum absolute atomic E-state index is 0.169. The highest BCUT2D eigenvalue weighted by molar-refractivity contribution is 7.99. The van der Waals surface area contributed by atoms with E-state index in [-0.39, 0.29) is 17.0 Å². The second-order valence-corrected chi connectivity index (χ2v) is 8.09. The molecule has 1 N–H and O–H groups in total. The number of carbonyl (C=O) groups excluding carboxylic acids is 1. The molecular weight excluding hydrogens is 421 g/mol. The number of thioether (sulfide) groups is 1. The largest absolute Gasteiger partial charge is 0.338 e. The predicted octanol–water partition coefficient (Wildman–Crippen LogP) is 3.97. The molecule has 0 saturated heterocycles. The summed E-state index contributed by atoms with van der Waals surface area (Å²) >= 11 is 1.33. The van der Waals surface area contributed by atoms with E-state index in [0.717, 1.165) is 0 Å². The number of amides is 1. The molecule has 9 nitrogen and oxygen atoms in total. The molecule has 1 atom stereocenters. The zero-order chi connectivity index (χ0) is 22.0. The van der Waals surface area contributed by atoms with Gasteiger partial charge < -0.3 is 9.84 Å². The number of anilines is 1. The molecular formula is C20H18FN7O2S. The van der Waals surface area contributed by atoms with Crippen LogP contribution in [0.25, 0.3) is 17.1 Å². The minimum atomic E-state index is -0.327. The van der Waals surface area contributed by atoms with Crippen molar-refractivity contribution in [3.63, 3.8) is 0 Å². The Hall–Kier alpha value is -3.60. The van der Waals surface area contributed by atoms with Crippen LogP contribution in [0.5, 0.6) is 0 Å². The van der Waals surface area contributed by atoms with Crippen LogP contribution in [0.4, 0.5) is 10.1 Å². The summed E-state index contributed by atoms with van der Waals surface area (Å²) in [5.41, 5.74) is 2.41. The van der Waals surface area contributed by atoms with E-state index >= 15 is 0 Å². The van der Waals surface area contributed by atoms with Crippen LogP contribution in [0.1, 0.15) is 30.6 Å². The zero-order valence-electron chi connectivity index (χ0n) is 16.9. The number of halogens is 1. The van der Waals surface area contributed by atoms with E-state index in [1.165, 1.54) is 24.8 Å². The van der Waals surface area contributed by atoms with Crippen molar-refractivity contribution in [3.05, 3.63) is 59.7 Å². The first-order valence-electron chi connectivity index (χ1n) is 9.34. The van der Waals surface area contributed by atoms with Gasteiger partial charge in [0, 0.05) is 18.2 Å². The first-order chi connectivity index (χ1) is 14.9. The van der Waals surface area contributed by atoms with E-state index in [9.17, 15) is 9.18 Å². The molecule has 4 rings (SSSR count). The molecule has 0 aliphatic heterocycles. The number of tetrazole rings is 1. The Labute approximate surface area is 181 Å². The molecule has 1 amide bonds. The number of aromatic nitrogens is 6. The Morgan fingerprint density at radius 2 is 2.10 bits per heavy atom. The molecule has 158 valence electrons. The summed E-state index contributed by atoms with van der Waals surface area (Å²) in [5, 5.41) is 18.8. The summed E-state index contributed by atoms with van der Waals surface area (Å²) in [5.74, 6) is 0.177. The maximum Gasteiger partial charge on any atom is 0.240 e. The molecule has 2 heterocycles. The number of aryl methyl sites for hydroxylation is 1. The molecule has 0 aliphatic rings. The third-order valence-corrected chi connectivity index (χ3v) is 5.37. The van der Waals surface area contributed by atoms with Gasteiger partial charge in [-0.15, -0.1) is 5.10 Å². The van der Waals surface area contributed by atoms with Gasteiger partial charge in [0.05, 0.1) is 10.9 Å². The average Bonchev–Trinajstić information content (AvgIpc) is 3.39. The van der Waals surface area contributed by atoms with Gasteiger partial charge in [-0.25, -0.2) is 4.39 Å². The number of carbonyl (C=O) groups is 1. The quantitative estimate of drug-likeness (QED) is 0.449. The van der Waals surface area contributed by atoms with Gasteiger partial charge in [0.2, 0.25) is 22.8 Å². The molecule has 4 aromatic rings. The van der Waals surface area contributed by atoms with E-state index in [0.29, 0.717) is 39.4 Å². The van der Waals surface area contributed by atoms with Gasteiger partial charge in [-0.1, -0.05) is 35.1 Å². The lowest BCUT2D eigenvalue weighted by atomic mass is 10.1. The van der Waals surface area contributed by atoms with E-state index in [1.807, 2.05) is 13.0 Å². The lowest BCUT2D eigenvalue weighted by Crippen LogP contribution is -2.07. The van der Waals surface area contributed by atoms with Crippen LogP contribution in [0.15, 0.2) is 52.1 Å². The fourth-order valence-corrected chi connectivity index (χ4v) is 3.63. The first-order valence-corrected chi connectivity index (χ1v) is 10.2. The summed E-state index contributed by atoms with van der Waals surface area (Å²) in [6.45, 7) is 5.01. The standard InChI is InChI=1S/C20H18FN7O2S/c1-11-7-8-14(9-17(11)21)18-23-19(30-25-18)12(2)31-20-24-26-27-28(20)16-6-4-5-15(10-16)22-13(3)29/h4-10,12H,1-3H3,(H,22,29). The van der Waals surface area contributed by atoms with Crippen LogP contribution in [0.2, 0.25) is 0 Å². The SMILES string of the molecule is CC(=O)Nc1cccc(-n2nnnc2SC(C)c2nc(-c3ccc(C)c(F)c3)no2)c1. The Balaban J connectivity index is 1.54. The zero-order valence-corrected chi connectivity index (χ0v) is 17.7. The second kappa shape index (κ2) is 8.64. The van der Waals surface area contributed by atoms with Gasteiger partial charge >= 0.3 is 0 Å². The molecule has 0 aliphatic carbocycles. The van der Waals surface area contributed by atoms with Crippen molar-refractivity contribution in [2.75, 3.05) is 5.32 Å². The number of hydrogen-bond donors (Lipinski definition) is 1. The first kappa shape index (κ1) is 20.7. The van der Waals surface area contributed by atoms with Crippen LogP contribution < -0.4 is 5.32 Å². The lowest BCUT2D eigenvalue weighted by molar-refractivity contribution is -0.114.